The molecule has 41 heavy (non-hydrogen) atoms. The molecule has 2 bridgehead atoms. The van der Waals surface area contributed by atoms with Gasteiger partial charge in [0.25, 0.3) is 5.91 Å². The number of anilines is 1. The van der Waals surface area contributed by atoms with Crippen LogP contribution in [0.2, 0.25) is 0 Å². The second-order valence-corrected chi connectivity index (χ2v) is 12.2. The SMILES string of the molecule is CCc1cc(C(=O)N2CCOCC2)ccc1COc1ccc(C)cc1-c1csc(N2CC3CCC(C2)C3C(=O)O)n1. The molecule has 1 aromatic heterocycles. The summed E-state index contributed by atoms with van der Waals surface area (Å²) in [7, 11) is 0. The largest absolute Gasteiger partial charge is 0.488 e. The quantitative estimate of drug-likeness (QED) is 0.391. The second kappa shape index (κ2) is 11.8. The van der Waals surface area contributed by atoms with Gasteiger partial charge in [-0.2, -0.15) is 0 Å². The van der Waals surface area contributed by atoms with Gasteiger partial charge >= 0.3 is 5.97 Å². The first-order valence-electron chi connectivity index (χ1n) is 14.6. The van der Waals surface area contributed by atoms with Gasteiger partial charge < -0.3 is 24.4 Å². The molecule has 2 atom stereocenters. The highest BCUT2D eigenvalue weighted by Gasteiger charge is 2.46. The van der Waals surface area contributed by atoms with E-state index in [1.807, 2.05) is 35.2 Å². The number of rotatable bonds is 8. The van der Waals surface area contributed by atoms with Crippen molar-refractivity contribution >= 4 is 28.3 Å². The van der Waals surface area contributed by atoms with Crippen LogP contribution < -0.4 is 9.64 Å². The zero-order valence-corrected chi connectivity index (χ0v) is 24.5. The maximum atomic E-state index is 13.0. The first-order valence-corrected chi connectivity index (χ1v) is 15.4. The molecule has 1 amide bonds. The molecule has 8 nitrogen and oxygen atoms in total. The standard InChI is InChI=1S/C32H37N3O5S/c1-3-21-15-22(30(36)34-10-12-39-13-11-34)5-8-25(21)18-40-28-9-4-20(2)14-26(28)27-19-41-32(33-27)35-16-23-6-7-24(17-35)29(23)31(37)38/h4-5,8-9,14-15,19,23-24,29H,3,6-7,10-13,16-18H2,1-2H3,(H,37,38). The lowest BCUT2D eigenvalue weighted by molar-refractivity contribution is -0.144. The van der Waals surface area contributed by atoms with Crippen molar-refractivity contribution in [2.45, 2.75) is 39.7 Å². The highest BCUT2D eigenvalue weighted by molar-refractivity contribution is 7.14. The number of carbonyl (C=O) groups is 2. The van der Waals surface area contributed by atoms with Gasteiger partial charge in [-0.15, -0.1) is 11.3 Å². The van der Waals surface area contributed by atoms with E-state index >= 15 is 0 Å². The number of morpholine rings is 1. The van der Waals surface area contributed by atoms with E-state index in [1.54, 1.807) is 11.3 Å². The predicted octanol–water partition coefficient (Wildman–Crippen LogP) is 5.28. The number of piperidine rings is 1. The summed E-state index contributed by atoms with van der Waals surface area (Å²) < 4.78 is 11.8. The topological polar surface area (TPSA) is 92.2 Å². The zero-order chi connectivity index (χ0) is 28.5. The number of aliphatic carboxylic acids is 1. The van der Waals surface area contributed by atoms with Crippen LogP contribution in [0.4, 0.5) is 5.13 Å². The first kappa shape index (κ1) is 27.7. The zero-order valence-electron chi connectivity index (χ0n) is 23.7. The van der Waals surface area contributed by atoms with Crippen LogP contribution in [0.15, 0.2) is 41.8 Å². The fourth-order valence-corrected chi connectivity index (χ4v) is 7.46. The summed E-state index contributed by atoms with van der Waals surface area (Å²) in [5.41, 5.74) is 5.83. The second-order valence-electron chi connectivity index (χ2n) is 11.4. The van der Waals surface area contributed by atoms with Crippen LogP contribution in [0.5, 0.6) is 5.75 Å². The molecular formula is C32H37N3O5S. The van der Waals surface area contributed by atoms with Crippen molar-refractivity contribution in [3.8, 4) is 17.0 Å². The minimum Gasteiger partial charge on any atom is -0.488 e. The van der Waals surface area contributed by atoms with E-state index in [0.29, 0.717) is 38.5 Å². The maximum Gasteiger partial charge on any atom is 0.307 e. The van der Waals surface area contributed by atoms with Crippen LogP contribution in [0.3, 0.4) is 0 Å². The molecule has 1 aliphatic carbocycles. The number of hydrogen-bond donors (Lipinski definition) is 1. The number of amides is 1. The van der Waals surface area contributed by atoms with Crippen LogP contribution >= 0.6 is 11.3 Å². The van der Waals surface area contributed by atoms with E-state index in [-0.39, 0.29) is 23.7 Å². The van der Waals surface area contributed by atoms with Gasteiger partial charge in [0.2, 0.25) is 0 Å². The van der Waals surface area contributed by atoms with E-state index in [9.17, 15) is 14.7 Å². The molecule has 6 rings (SSSR count). The Bertz CT molecular complexity index is 1420. The summed E-state index contributed by atoms with van der Waals surface area (Å²) in [6, 6.07) is 12.1. The summed E-state index contributed by atoms with van der Waals surface area (Å²) in [6.45, 7) is 8.49. The molecule has 2 aliphatic heterocycles. The van der Waals surface area contributed by atoms with Crippen molar-refractivity contribution < 1.29 is 24.2 Å². The van der Waals surface area contributed by atoms with Gasteiger partial charge in [0.05, 0.1) is 24.8 Å². The number of fused-ring (bicyclic) bond motifs is 2. The van der Waals surface area contributed by atoms with Crippen molar-refractivity contribution in [1.82, 2.24) is 9.88 Å². The number of hydrogen-bond acceptors (Lipinski definition) is 7. The molecule has 2 unspecified atom stereocenters. The van der Waals surface area contributed by atoms with Crippen molar-refractivity contribution in [3.63, 3.8) is 0 Å². The van der Waals surface area contributed by atoms with Gasteiger partial charge in [-0.1, -0.05) is 24.6 Å². The van der Waals surface area contributed by atoms with Gasteiger partial charge in [0, 0.05) is 42.7 Å². The van der Waals surface area contributed by atoms with Crippen molar-refractivity contribution in [2.75, 3.05) is 44.3 Å². The molecular weight excluding hydrogens is 538 g/mol. The average Bonchev–Trinajstić information content (AvgIpc) is 3.59. The van der Waals surface area contributed by atoms with E-state index in [1.165, 1.54) is 0 Å². The third kappa shape index (κ3) is 5.70. The molecule has 3 fully saturated rings. The predicted molar refractivity (Wildman–Crippen MR) is 159 cm³/mol. The number of carboxylic acid groups (broad SMARTS) is 1. The Morgan fingerprint density at radius 2 is 1.83 bits per heavy atom. The fraction of sp³-hybridized carbons (Fsp3) is 0.469. The summed E-state index contributed by atoms with van der Waals surface area (Å²) in [5.74, 6) is 0.341. The van der Waals surface area contributed by atoms with E-state index in [2.05, 4.69) is 30.2 Å². The third-order valence-electron chi connectivity index (χ3n) is 8.81. The smallest absolute Gasteiger partial charge is 0.307 e. The van der Waals surface area contributed by atoms with Gasteiger partial charge in [-0.3, -0.25) is 9.59 Å². The molecule has 9 heteroatoms. The molecule has 1 saturated carbocycles. The van der Waals surface area contributed by atoms with Gasteiger partial charge in [-0.25, -0.2) is 4.98 Å². The Kier molecular flexibility index (Phi) is 7.99. The van der Waals surface area contributed by atoms with Crippen LogP contribution in [0.25, 0.3) is 11.3 Å². The number of aryl methyl sites for hydroxylation is 2. The minimum atomic E-state index is -0.650. The molecule has 3 aromatic rings. The van der Waals surface area contributed by atoms with Crippen LogP contribution in [-0.2, 0) is 22.6 Å². The molecule has 0 spiro atoms. The molecule has 3 heterocycles. The Balaban J connectivity index is 1.18. The third-order valence-corrected chi connectivity index (χ3v) is 9.71. The first-order chi connectivity index (χ1) is 19.9. The Hall–Kier alpha value is -3.43. The number of aromatic nitrogens is 1. The number of thiazole rings is 1. The van der Waals surface area contributed by atoms with E-state index < -0.39 is 5.97 Å². The highest BCUT2D eigenvalue weighted by Crippen LogP contribution is 2.44. The molecule has 1 N–H and O–H groups in total. The number of benzene rings is 2. The van der Waals surface area contributed by atoms with Gasteiger partial charge in [0.1, 0.15) is 12.4 Å². The van der Waals surface area contributed by atoms with Crippen molar-refractivity contribution in [2.24, 2.45) is 17.8 Å². The Morgan fingerprint density at radius 1 is 1.07 bits per heavy atom. The lowest BCUT2D eigenvalue weighted by Crippen LogP contribution is -2.44. The summed E-state index contributed by atoms with van der Waals surface area (Å²) in [4.78, 5) is 33.9. The Labute approximate surface area is 244 Å². The molecule has 216 valence electrons. The molecule has 2 aromatic carbocycles. The summed E-state index contributed by atoms with van der Waals surface area (Å²) in [5, 5.41) is 12.7. The minimum absolute atomic E-state index is 0.0517. The number of nitrogens with zero attached hydrogens (tertiary/aromatic N) is 3. The molecule has 2 saturated heterocycles. The fourth-order valence-electron chi connectivity index (χ4n) is 6.62. The van der Waals surface area contributed by atoms with Crippen molar-refractivity contribution in [3.05, 3.63) is 64.0 Å². The van der Waals surface area contributed by atoms with Crippen LogP contribution in [0, 0.1) is 24.7 Å². The number of carbonyl (C=O) groups excluding carboxylic acids is 1. The molecule has 3 aliphatic rings. The normalized spacial score (nSPS) is 22.1. The van der Waals surface area contributed by atoms with Crippen molar-refractivity contribution in [1.29, 1.82) is 0 Å². The maximum absolute atomic E-state index is 13.0. The monoisotopic (exact) mass is 575 g/mol. The van der Waals surface area contributed by atoms with Gasteiger partial charge in [0.15, 0.2) is 5.13 Å². The van der Waals surface area contributed by atoms with Gasteiger partial charge in [-0.05, 0) is 73.4 Å². The molecule has 0 radical (unpaired) electrons. The number of ether oxygens (including phenoxy) is 2. The van der Waals surface area contributed by atoms with E-state index in [4.69, 9.17) is 14.5 Å². The van der Waals surface area contributed by atoms with Crippen LogP contribution in [-0.4, -0.2) is 66.3 Å². The summed E-state index contributed by atoms with van der Waals surface area (Å²) >= 11 is 1.61. The number of carboxylic acids is 1. The Morgan fingerprint density at radius 3 is 2.54 bits per heavy atom. The lowest BCUT2D eigenvalue weighted by atomic mass is 9.85. The lowest BCUT2D eigenvalue weighted by Gasteiger charge is -2.35. The van der Waals surface area contributed by atoms with E-state index in [0.717, 1.165) is 71.2 Å². The van der Waals surface area contributed by atoms with Crippen LogP contribution in [0.1, 0.15) is 46.8 Å². The summed E-state index contributed by atoms with van der Waals surface area (Å²) in [6.07, 6.45) is 2.77. The highest BCUT2D eigenvalue weighted by atomic mass is 32.1. The average molecular weight is 576 g/mol.